The molecule has 0 amide bonds. The Hall–Kier alpha value is -0.130. The summed E-state index contributed by atoms with van der Waals surface area (Å²) in [6.07, 6.45) is 0.920. The summed E-state index contributed by atoms with van der Waals surface area (Å²) in [7, 11) is -2.26. The topological polar surface area (TPSA) is 63.4 Å². The largest absolute Gasteiger partial charge is 0.326 e. The van der Waals surface area contributed by atoms with E-state index in [0.29, 0.717) is 0 Å². The Labute approximate surface area is 62.0 Å². The lowest BCUT2D eigenvalue weighted by molar-refractivity contribution is 0.386. The van der Waals surface area contributed by atoms with Crippen LogP contribution in [0.2, 0.25) is 0 Å². The average Bonchev–Trinajstić information content (AvgIpc) is 2.13. The molecule has 0 aliphatic carbocycles. The first kappa shape index (κ1) is 7.97. The number of likely N-dealkylation sites (tertiary alicyclic amines) is 1. The van der Waals surface area contributed by atoms with Crippen molar-refractivity contribution < 1.29 is 8.42 Å². The van der Waals surface area contributed by atoms with E-state index in [1.807, 2.05) is 4.90 Å². The summed E-state index contributed by atoms with van der Waals surface area (Å²) < 4.78 is 20.4. The normalized spacial score (nSPS) is 28.0. The quantitative estimate of drug-likeness (QED) is 0.492. The van der Waals surface area contributed by atoms with Gasteiger partial charge in [0.2, 0.25) is 0 Å². The van der Waals surface area contributed by atoms with Gasteiger partial charge in [-0.05, 0) is 6.42 Å². The molecule has 0 spiro atoms. The van der Waals surface area contributed by atoms with Crippen molar-refractivity contribution in [2.24, 2.45) is 5.73 Å². The van der Waals surface area contributed by atoms with E-state index in [1.54, 1.807) is 0 Å². The lowest BCUT2D eigenvalue weighted by atomic mass is 10.3. The molecule has 1 rings (SSSR count). The summed E-state index contributed by atoms with van der Waals surface area (Å²) in [5.74, 6) is 0.170. The van der Waals surface area contributed by atoms with Crippen LogP contribution < -0.4 is 5.73 Å². The van der Waals surface area contributed by atoms with Gasteiger partial charge in [-0.3, -0.25) is 4.90 Å². The van der Waals surface area contributed by atoms with Crippen LogP contribution >= 0.6 is 0 Å². The summed E-state index contributed by atoms with van der Waals surface area (Å²) >= 11 is 0. The monoisotopic (exact) mass is 164 g/mol. The molecule has 60 valence electrons. The van der Waals surface area contributed by atoms with Crippen LogP contribution in [0, 0.1) is 0 Å². The van der Waals surface area contributed by atoms with Crippen LogP contribution in [-0.4, -0.2) is 38.3 Å². The van der Waals surface area contributed by atoms with Gasteiger partial charge in [0.05, 0.1) is 5.88 Å². The van der Waals surface area contributed by atoms with Crippen molar-refractivity contribution >= 4 is 10.7 Å². The van der Waals surface area contributed by atoms with Gasteiger partial charge in [-0.2, -0.15) is 0 Å². The van der Waals surface area contributed by atoms with Gasteiger partial charge < -0.3 is 5.73 Å². The van der Waals surface area contributed by atoms with E-state index in [0.717, 1.165) is 19.5 Å². The zero-order chi connectivity index (χ0) is 7.56. The third-order valence-corrected chi connectivity index (χ3v) is 2.26. The van der Waals surface area contributed by atoms with Gasteiger partial charge in [-0.25, -0.2) is 8.42 Å². The van der Waals surface area contributed by atoms with Crippen molar-refractivity contribution in [3.63, 3.8) is 0 Å². The summed E-state index contributed by atoms with van der Waals surface area (Å²) in [5, 5.41) is 0. The predicted octanol–water partition coefficient (Wildman–Crippen LogP) is -1.41. The third-order valence-electron chi connectivity index (χ3n) is 1.62. The zero-order valence-corrected chi connectivity index (χ0v) is 6.59. The van der Waals surface area contributed by atoms with Crippen LogP contribution in [-0.2, 0) is 10.7 Å². The zero-order valence-electron chi connectivity index (χ0n) is 5.69. The van der Waals surface area contributed by atoms with Gasteiger partial charge >= 0.3 is 0 Å². The fourth-order valence-electron chi connectivity index (χ4n) is 1.15. The summed E-state index contributed by atoms with van der Waals surface area (Å²) in [6.45, 7) is 1.55. The molecule has 1 heterocycles. The van der Waals surface area contributed by atoms with Crippen LogP contribution in [0.15, 0.2) is 0 Å². The van der Waals surface area contributed by atoms with Gasteiger partial charge in [0.1, 0.15) is 0 Å². The SMILES string of the molecule is N[C@H]1CCN(C[SH](=O)=O)C1. The molecule has 0 bridgehead atoms. The molecule has 1 fully saturated rings. The van der Waals surface area contributed by atoms with E-state index in [9.17, 15) is 8.42 Å². The molecule has 0 aromatic heterocycles. The van der Waals surface area contributed by atoms with E-state index < -0.39 is 10.7 Å². The maximum Gasteiger partial charge on any atom is 0.153 e. The number of rotatable bonds is 2. The van der Waals surface area contributed by atoms with Crippen LogP contribution in [0.1, 0.15) is 6.42 Å². The van der Waals surface area contributed by atoms with Crippen molar-refractivity contribution in [2.45, 2.75) is 12.5 Å². The van der Waals surface area contributed by atoms with Crippen LogP contribution in [0.3, 0.4) is 0 Å². The molecular weight excluding hydrogens is 152 g/mol. The highest BCUT2D eigenvalue weighted by atomic mass is 32.2. The molecule has 1 aliphatic heterocycles. The molecule has 1 atom stereocenters. The van der Waals surface area contributed by atoms with Gasteiger partial charge in [0.15, 0.2) is 10.7 Å². The second-order valence-electron chi connectivity index (χ2n) is 2.60. The van der Waals surface area contributed by atoms with Crippen LogP contribution in [0.5, 0.6) is 0 Å². The van der Waals surface area contributed by atoms with Gasteiger partial charge in [0, 0.05) is 19.1 Å². The molecule has 1 saturated heterocycles. The fraction of sp³-hybridized carbons (Fsp3) is 1.00. The van der Waals surface area contributed by atoms with Crippen molar-refractivity contribution in [2.75, 3.05) is 19.0 Å². The molecule has 4 nitrogen and oxygen atoms in total. The highest BCUT2D eigenvalue weighted by molar-refractivity contribution is 7.72. The highest BCUT2D eigenvalue weighted by Crippen LogP contribution is 2.05. The van der Waals surface area contributed by atoms with E-state index in [1.165, 1.54) is 0 Å². The summed E-state index contributed by atoms with van der Waals surface area (Å²) in [5.41, 5.74) is 5.56. The van der Waals surface area contributed by atoms with Gasteiger partial charge in [-0.1, -0.05) is 0 Å². The lowest BCUT2D eigenvalue weighted by Crippen LogP contribution is -2.27. The number of thiol groups is 1. The smallest absolute Gasteiger partial charge is 0.153 e. The van der Waals surface area contributed by atoms with Gasteiger partial charge in [-0.15, -0.1) is 0 Å². The van der Waals surface area contributed by atoms with E-state index in [4.69, 9.17) is 5.73 Å². The molecule has 1 aliphatic rings. The Morgan fingerprint density at radius 3 is 2.70 bits per heavy atom. The molecule has 0 aromatic carbocycles. The Morgan fingerprint density at radius 1 is 1.60 bits per heavy atom. The summed E-state index contributed by atoms with van der Waals surface area (Å²) in [4.78, 5) is 1.86. The molecule has 5 heteroatoms. The Bertz CT molecular complexity index is 172. The Kier molecular flexibility index (Phi) is 2.64. The van der Waals surface area contributed by atoms with Crippen molar-refractivity contribution in [1.29, 1.82) is 0 Å². The second kappa shape index (κ2) is 3.32. The maximum absolute atomic E-state index is 10.2. The minimum atomic E-state index is -2.26. The average molecular weight is 164 g/mol. The fourth-order valence-corrected chi connectivity index (χ4v) is 1.74. The molecule has 10 heavy (non-hydrogen) atoms. The predicted molar refractivity (Wildman–Crippen MR) is 39.3 cm³/mol. The Morgan fingerprint density at radius 2 is 2.30 bits per heavy atom. The number of nitrogens with two attached hydrogens (primary N) is 1. The molecule has 2 N–H and O–H groups in total. The first-order chi connectivity index (χ1) is 4.68. The molecular formula is C5H12N2O2S. The number of nitrogens with zero attached hydrogens (tertiary/aromatic N) is 1. The third kappa shape index (κ3) is 2.24. The minimum absolute atomic E-state index is 0.170. The van der Waals surface area contributed by atoms with Gasteiger partial charge in [0.25, 0.3) is 0 Å². The molecule has 0 saturated carbocycles. The van der Waals surface area contributed by atoms with E-state index >= 15 is 0 Å². The minimum Gasteiger partial charge on any atom is -0.326 e. The maximum atomic E-state index is 10.2. The lowest BCUT2D eigenvalue weighted by Gasteiger charge is -2.08. The molecule has 0 unspecified atom stereocenters. The molecule has 0 radical (unpaired) electrons. The van der Waals surface area contributed by atoms with Crippen molar-refractivity contribution in [1.82, 2.24) is 4.90 Å². The van der Waals surface area contributed by atoms with E-state index in [-0.39, 0.29) is 11.9 Å². The first-order valence-corrected chi connectivity index (χ1v) is 4.64. The number of hydrogen-bond acceptors (Lipinski definition) is 4. The van der Waals surface area contributed by atoms with Crippen molar-refractivity contribution in [3.05, 3.63) is 0 Å². The van der Waals surface area contributed by atoms with Crippen molar-refractivity contribution in [3.8, 4) is 0 Å². The molecule has 0 aromatic rings. The number of hydrogen-bond donors (Lipinski definition) is 2. The van der Waals surface area contributed by atoms with E-state index in [2.05, 4.69) is 0 Å². The Balaban J connectivity index is 2.31. The second-order valence-corrected chi connectivity index (χ2v) is 3.55. The summed E-state index contributed by atoms with van der Waals surface area (Å²) in [6, 6.07) is 0.176. The van der Waals surface area contributed by atoms with Crippen LogP contribution in [0.4, 0.5) is 0 Å². The standard InChI is InChI=1S/C5H12N2O2S/c6-5-1-2-7(3-5)4-10(8)9/h5,10H,1-4,6H2/t5-/m0/s1. The first-order valence-electron chi connectivity index (χ1n) is 3.28. The highest BCUT2D eigenvalue weighted by Gasteiger charge is 2.18. The van der Waals surface area contributed by atoms with Crippen LogP contribution in [0.25, 0.3) is 0 Å².